The Bertz CT molecular complexity index is 759. The van der Waals surface area contributed by atoms with Gasteiger partial charge < -0.3 is 77.8 Å². The molecule has 0 spiro atoms. The van der Waals surface area contributed by atoms with Crippen molar-refractivity contribution in [3.63, 3.8) is 0 Å². The first kappa shape index (κ1) is 47.1. The van der Waals surface area contributed by atoms with Gasteiger partial charge in [-0.2, -0.15) is 0 Å². The molecule has 0 aliphatic carbocycles. The maximum atomic E-state index is 10.2. The van der Waals surface area contributed by atoms with E-state index < -0.39 is 48.0 Å². The highest BCUT2D eigenvalue weighted by atomic mass is 16.4. The molecule has 4 atom stereocenters. The van der Waals surface area contributed by atoms with Crippen LogP contribution in [0.1, 0.15) is 64.2 Å². The van der Waals surface area contributed by atoms with Gasteiger partial charge in [0, 0.05) is 13.1 Å². The van der Waals surface area contributed by atoms with Gasteiger partial charge in [-0.25, -0.2) is 0 Å². The molecule has 0 fully saturated rings. The Hall–Kier alpha value is -3.82. The van der Waals surface area contributed by atoms with Gasteiger partial charge in [0.05, 0.1) is 0 Å². The number of rotatable bonds is 20. The van der Waals surface area contributed by atoms with Crippen LogP contribution in [0.2, 0.25) is 0 Å². The van der Waals surface area contributed by atoms with Crippen molar-refractivity contribution >= 4 is 35.8 Å². The zero-order chi connectivity index (χ0) is 35.1. The predicted octanol–water partition coefficient (Wildman–Crippen LogP) is -4.04. The highest BCUT2D eigenvalue weighted by Crippen LogP contribution is 1.98. The van der Waals surface area contributed by atoms with Crippen molar-refractivity contribution in [2.75, 3.05) is 26.2 Å². The number of nitrogens with two attached hydrogens (primary N) is 10. The summed E-state index contributed by atoms with van der Waals surface area (Å²) in [5.74, 6) is -3.84. The molecule has 0 aliphatic rings. The van der Waals surface area contributed by atoms with Gasteiger partial charge in [-0.3, -0.25) is 29.2 Å². The number of hydrogen-bond acceptors (Lipinski definition) is 12. The minimum absolute atomic E-state index is 0.0129. The number of aliphatic carboxylic acids is 4. The van der Waals surface area contributed by atoms with Crippen LogP contribution in [0.3, 0.4) is 0 Å². The quantitative estimate of drug-likeness (QED) is 0.0342. The molecule has 4 unspecified atom stereocenters. The van der Waals surface area contributed by atoms with Crippen LogP contribution in [-0.4, -0.2) is 107 Å². The number of carboxylic acids is 4. The number of unbranched alkanes of at least 4 members (excludes halogenated alkanes) is 2. The molecule has 0 saturated carbocycles. The second kappa shape index (κ2) is 32.1. The van der Waals surface area contributed by atoms with Crippen LogP contribution in [0, 0.1) is 0 Å². The summed E-state index contributed by atoms with van der Waals surface area (Å²) in [5, 5.41) is 33.4. The van der Waals surface area contributed by atoms with Crippen LogP contribution in [0.15, 0.2) is 9.98 Å². The minimum atomic E-state index is -1.00. The molecule has 0 heterocycles. The summed E-state index contributed by atoms with van der Waals surface area (Å²) in [6.45, 7) is 2.05. The maximum absolute atomic E-state index is 10.2. The summed E-state index contributed by atoms with van der Waals surface area (Å²) in [6.07, 6.45) is 6.24. The first-order valence-electron chi connectivity index (χ1n) is 13.9. The molecule has 0 aromatic heterocycles. The normalized spacial score (nSPS) is 12.5. The van der Waals surface area contributed by atoms with E-state index in [9.17, 15) is 19.2 Å². The number of aliphatic imine (C=N–C) groups is 2. The van der Waals surface area contributed by atoms with Gasteiger partial charge in [-0.05, 0) is 64.5 Å². The van der Waals surface area contributed by atoms with Crippen molar-refractivity contribution in [2.24, 2.45) is 67.3 Å². The molecule has 0 saturated heterocycles. The molecule has 0 rings (SSSR count). The third kappa shape index (κ3) is 40.3. The largest absolute Gasteiger partial charge is 0.480 e. The Kier molecular flexibility index (Phi) is 34.4. The topological polar surface area (TPSA) is 434 Å². The Morgan fingerprint density at radius 3 is 0.864 bits per heavy atom. The van der Waals surface area contributed by atoms with Crippen molar-refractivity contribution in [2.45, 2.75) is 88.4 Å². The lowest BCUT2D eigenvalue weighted by Gasteiger charge is -2.03. The molecular weight excluding hydrogens is 584 g/mol. The summed E-state index contributed by atoms with van der Waals surface area (Å²) in [7, 11) is 0. The lowest BCUT2D eigenvalue weighted by Crippen LogP contribution is -2.30. The molecule has 0 amide bonds. The monoisotopic (exact) mass is 640 g/mol. The summed E-state index contributed by atoms with van der Waals surface area (Å²) in [4.78, 5) is 48.1. The Morgan fingerprint density at radius 2 is 0.682 bits per heavy atom. The lowest BCUT2D eigenvalue weighted by atomic mass is 10.1. The number of carbonyl (C=O) groups is 4. The first-order valence-corrected chi connectivity index (χ1v) is 13.9. The third-order valence-electron chi connectivity index (χ3n) is 5.14. The average molecular weight is 641 g/mol. The minimum Gasteiger partial charge on any atom is -0.480 e. The number of carboxylic acid groups (broad SMARTS) is 4. The van der Waals surface area contributed by atoms with Crippen LogP contribution in [0.25, 0.3) is 0 Å². The van der Waals surface area contributed by atoms with E-state index in [1.807, 2.05) is 0 Å². The fourth-order valence-electron chi connectivity index (χ4n) is 2.55. The van der Waals surface area contributed by atoms with Crippen LogP contribution in [-0.2, 0) is 19.2 Å². The Morgan fingerprint density at radius 1 is 0.455 bits per heavy atom. The predicted molar refractivity (Wildman–Crippen MR) is 168 cm³/mol. The van der Waals surface area contributed by atoms with Crippen LogP contribution in [0.4, 0.5) is 0 Å². The van der Waals surface area contributed by atoms with E-state index >= 15 is 0 Å². The molecule has 20 nitrogen and oxygen atoms in total. The van der Waals surface area contributed by atoms with Crippen LogP contribution < -0.4 is 57.3 Å². The van der Waals surface area contributed by atoms with Gasteiger partial charge >= 0.3 is 23.9 Å². The summed E-state index contributed by atoms with van der Waals surface area (Å²) >= 11 is 0. The molecule has 260 valence electrons. The van der Waals surface area contributed by atoms with Crippen molar-refractivity contribution in [1.82, 2.24) is 0 Å². The molecule has 44 heavy (non-hydrogen) atoms. The van der Waals surface area contributed by atoms with Gasteiger partial charge in [0.25, 0.3) is 0 Å². The second-order valence-electron chi connectivity index (χ2n) is 9.25. The molecular formula is C24H56N12O8. The van der Waals surface area contributed by atoms with E-state index in [1.54, 1.807) is 0 Å². The maximum Gasteiger partial charge on any atom is 0.320 e. The molecule has 0 aromatic rings. The zero-order valence-corrected chi connectivity index (χ0v) is 25.3. The van der Waals surface area contributed by atoms with E-state index in [0.717, 1.165) is 25.7 Å². The molecule has 0 bridgehead atoms. The molecule has 24 N–H and O–H groups in total. The molecule has 0 aromatic carbocycles. The Balaban J connectivity index is -0.000000243. The smallest absolute Gasteiger partial charge is 0.320 e. The standard InChI is InChI=1S/2C6H14N4O2.2C6H14N2O2/c2*7-4(5(11)12)2-1-3-10-6(8)9;2*7-4-2-1-3-5(8)6(9)10/h2*4H,1-3,7H2,(H,11,12)(H4,8,9,10);2*5H,1-4,7-8H2,(H,9,10). The highest BCUT2D eigenvalue weighted by Gasteiger charge is 2.11. The summed E-state index contributed by atoms with van der Waals surface area (Å²) in [6, 6.07) is -3.07. The fourth-order valence-corrected chi connectivity index (χ4v) is 2.55. The summed E-state index contributed by atoms with van der Waals surface area (Å²) < 4.78 is 0. The second-order valence-corrected chi connectivity index (χ2v) is 9.25. The summed E-state index contributed by atoms with van der Waals surface area (Å²) in [5.41, 5.74) is 51.5. The number of nitrogens with zero attached hydrogens (tertiary/aromatic N) is 2. The van der Waals surface area contributed by atoms with Gasteiger partial charge in [-0.1, -0.05) is 12.8 Å². The van der Waals surface area contributed by atoms with Crippen molar-refractivity contribution in [3.05, 3.63) is 0 Å². The molecule has 0 aliphatic heterocycles. The van der Waals surface area contributed by atoms with Crippen molar-refractivity contribution < 1.29 is 39.6 Å². The lowest BCUT2D eigenvalue weighted by molar-refractivity contribution is -0.139. The van der Waals surface area contributed by atoms with Crippen LogP contribution in [0.5, 0.6) is 0 Å². The van der Waals surface area contributed by atoms with Gasteiger partial charge in [0.2, 0.25) is 0 Å². The van der Waals surface area contributed by atoms with E-state index in [-0.39, 0.29) is 11.9 Å². The molecule has 20 heteroatoms. The van der Waals surface area contributed by atoms with Crippen molar-refractivity contribution in [1.29, 1.82) is 0 Å². The van der Waals surface area contributed by atoms with E-state index in [1.165, 1.54) is 0 Å². The third-order valence-corrected chi connectivity index (χ3v) is 5.14. The SMILES string of the molecule is NC(N)=NCCCC(N)C(=O)O.NC(N)=NCCCC(N)C(=O)O.NCCCCC(N)C(=O)O.NCCCCC(N)C(=O)O. The number of guanidine groups is 2. The van der Waals surface area contributed by atoms with Crippen LogP contribution >= 0.6 is 0 Å². The average Bonchev–Trinajstić information content (AvgIpc) is 2.93. The zero-order valence-electron chi connectivity index (χ0n) is 25.3. The van der Waals surface area contributed by atoms with Gasteiger partial charge in [-0.15, -0.1) is 0 Å². The van der Waals surface area contributed by atoms with E-state index in [4.69, 9.17) is 77.8 Å². The number of hydrogen-bond donors (Lipinski definition) is 14. The highest BCUT2D eigenvalue weighted by molar-refractivity contribution is 5.76. The van der Waals surface area contributed by atoms with Gasteiger partial charge in [0.1, 0.15) is 24.2 Å². The van der Waals surface area contributed by atoms with E-state index in [0.29, 0.717) is 64.7 Å². The van der Waals surface area contributed by atoms with Gasteiger partial charge in [0.15, 0.2) is 11.9 Å². The van der Waals surface area contributed by atoms with E-state index in [2.05, 4.69) is 9.98 Å². The first-order chi connectivity index (χ1) is 20.4. The fraction of sp³-hybridized carbons (Fsp3) is 0.750. The Labute approximate surface area is 257 Å². The molecule has 0 radical (unpaired) electrons. The van der Waals surface area contributed by atoms with Crippen molar-refractivity contribution in [3.8, 4) is 0 Å².